The number of alkyl halides is 3. The van der Waals surface area contributed by atoms with E-state index in [-0.39, 0.29) is 22.3 Å². The molecule has 1 N–H and O–H groups in total. The van der Waals surface area contributed by atoms with Gasteiger partial charge in [-0.15, -0.1) is 0 Å². The molecule has 4 rings (SSSR count). The highest BCUT2D eigenvalue weighted by molar-refractivity contribution is 8.00. The predicted octanol–water partition coefficient (Wildman–Crippen LogP) is 5.56. The van der Waals surface area contributed by atoms with Gasteiger partial charge in [-0.2, -0.15) is 13.2 Å². The fraction of sp³-hybridized carbons (Fsp3) is 0.480. The number of aromatic nitrogens is 1. The third-order valence-electron chi connectivity index (χ3n) is 6.78. The van der Waals surface area contributed by atoms with Crippen LogP contribution in [0.2, 0.25) is 0 Å². The van der Waals surface area contributed by atoms with Crippen molar-refractivity contribution in [3.05, 3.63) is 54.4 Å². The second-order valence-electron chi connectivity index (χ2n) is 9.46. The van der Waals surface area contributed by atoms with Gasteiger partial charge in [-0.05, 0) is 69.8 Å². The number of hydrogen-bond donors (Lipinski definition) is 1. The van der Waals surface area contributed by atoms with Crippen molar-refractivity contribution in [3.63, 3.8) is 0 Å². The van der Waals surface area contributed by atoms with E-state index in [2.05, 4.69) is 9.88 Å². The number of nitrogens with one attached hydrogen (secondary N) is 1. The first-order valence-corrected chi connectivity index (χ1v) is 12.6. The Bertz CT molecular complexity index is 1070. The lowest BCUT2D eigenvalue weighted by atomic mass is 9.95. The van der Waals surface area contributed by atoms with Crippen molar-refractivity contribution < 1.29 is 27.3 Å². The summed E-state index contributed by atoms with van der Waals surface area (Å²) in [6.45, 7) is 3.35. The zero-order valence-corrected chi connectivity index (χ0v) is 20.8. The molecule has 10 heteroatoms. The lowest BCUT2D eigenvalue weighted by Crippen LogP contribution is -2.50. The number of pyridine rings is 1. The van der Waals surface area contributed by atoms with Gasteiger partial charge >= 0.3 is 11.5 Å². The van der Waals surface area contributed by atoms with Crippen LogP contribution in [0.1, 0.15) is 63.7 Å². The molecule has 0 spiro atoms. The fourth-order valence-corrected chi connectivity index (χ4v) is 5.51. The summed E-state index contributed by atoms with van der Waals surface area (Å²) < 4.78 is 40.2. The minimum atomic E-state index is -4.41. The van der Waals surface area contributed by atoms with Crippen molar-refractivity contribution >= 4 is 29.4 Å². The Labute approximate surface area is 207 Å². The summed E-state index contributed by atoms with van der Waals surface area (Å²) >= 11 is -0.240. The van der Waals surface area contributed by atoms with Crippen molar-refractivity contribution in [2.24, 2.45) is 0 Å². The molecule has 1 aliphatic carbocycles. The van der Waals surface area contributed by atoms with Crippen molar-refractivity contribution in [1.82, 2.24) is 10.2 Å². The van der Waals surface area contributed by atoms with E-state index in [1.165, 1.54) is 48.4 Å². The molecule has 188 valence electrons. The zero-order chi connectivity index (χ0) is 25.4. The largest absolute Gasteiger partial charge is 0.446 e. The second kappa shape index (κ2) is 9.81. The number of benzene rings is 1. The molecule has 1 aromatic carbocycles. The van der Waals surface area contributed by atoms with Crippen LogP contribution in [0.15, 0.2) is 53.7 Å². The Kier molecular flexibility index (Phi) is 7.15. The number of urea groups is 1. The van der Waals surface area contributed by atoms with Crippen LogP contribution in [0.3, 0.4) is 0 Å². The number of imide groups is 1. The molecule has 1 aromatic heterocycles. The number of rotatable bonds is 6. The van der Waals surface area contributed by atoms with E-state index in [9.17, 15) is 22.8 Å². The highest BCUT2D eigenvalue weighted by Gasteiger charge is 2.54. The van der Waals surface area contributed by atoms with Crippen LogP contribution in [0.5, 0.6) is 0 Å². The Morgan fingerprint density at radius 3 is 2.17 bits per heavy atom. The third-order valence-corrected chi connectivity index (χ3v) is 7.52. The van der Waals surface area contributed by atoms with Crippen LogP contribution < -0.4 is 14.8 Å². The number of hydrogen-bond acceptors (Lipinski definition) is 4. The number of halogens is 3. The molecule has 2 fully saturated rings. The van der Waals surface area contributed by atoms with Gasteiger partial charge in [0.1, 0.15) is 11.7 Å². The van der Waals surface area contributed by atoms with Gasteiger partial charge in [-0.1, -0.05) is 6.42 Å². The van der Waals surface area contributed by atoms with E-state index < -0.39 is 29.2 Å². The Morgan fingerprint density at radius 2 is 1.63 bits per heavy atom. The summed E-state index contributed by atoms with van der Waals surface area (Å²) in [6, 6.07) is 9.15. The molecule has 0 bridgehead atoms. The summed E-state index contributed by atoms with van der Waals surface area (Å²) in [7, 11) is 1.73. The smallest absolute Gasteiger partial charge is 0.296 e. The third kappa shape index (κ3) is 5.18. The van der Waals surface area contributed by atoms with Gasteiger partial charge in [-0.3, -0.25) is 15.0 Å². The average molecular weight is 508 g/mol. The van der Waals surface area contributed by atoms with E-state index in [1.807, 2.05) is 24.5 Å². The lowest BCUT2D eigenvalue weighted by molar-refractivity contribution is -0.725. The second-order valence-corrected chi connectivity index (χ2v) is 10.6. The van der Waals surface area contributed by atoms with E-state index in [1.54, 1.807) is 20.9 Å². The molecule has 1 saturated heterocycles. The predicted molar refractivity (Wildman–Crippen MR) is 128 cm³/mol. The molecule has 1 atom stereocenters. The number of amides is 3. The topological polar surface area (TPSA) is 56.5 Å². The number of nitrogens with zero attached hydrogens (tertiary/aromatic N) is 3. The summed E-state index contributed by atoms with van der Waals surface area (Å²) in [6.07, 6.45) is 9.53. The number of anilines is 1. The first-order chi connectivity index (χ1) is 16.5. The number of thioether (sulfide) groups is 1. The molecule has 1 unspecified atom stereocenters. The van der Waals surface area contributed by atoms with Gasteiger partial charge in [0.25, 0.3) is 5.91 Å². The van der Waals surface area contributed by atoms with Gasteiger partial charge in [0.2, 0.25) is 0 Å². The first kappa shape index (κ1) is 25.5. The summed E-state index contributed by atoms with van der Waals surface area (Å²) in [5.41, 5.74) is -4.50. The molecule has 1 aliphatic heterocycles. The normalized spacial score (nSPS) is 19.9. The quantitative estimate of drug-likeness (QED) is 0.316. The molecular formula is C25H30F3N4O2S+. The van der Waals surface area contributed by atoms with Crippen LogP contribution in [-0.2, 0) is 4.79 Å². The summed E-state index contributed by atoms with van der Waals surface area (Å²) in [5, 5.41) is 3.16. The zero-order valence-electron chi connectivity index (χ0n) is 20.0. The first-order valence-electron chi connectivity index (χ1n) is 11.7. The van der Waals surface area contributed by atoms with Crippen LogP contribution in [-0.4, -0.2) is 34.9 Å². The molecular weight excluding hydrogens is 477 g/mol. The van der Waals surface area contributed by atoms with Gasteiger partial charge < -0.3 is 0 Å². The maximum atomic E-state index is 13.5. The van der Waals surface area contributed by atoms with Crippen LogP contribution in [0.4, 0.5) is 23.7 Å². The van der Waals surface area contributed by atoms with Gasteiger partial charge in [0, 0.05) is 35.4 Å². The Morgan fingerprint density at radius 1 is 1.03 bits per heavy atom. The SMILES string of the molecule is CNC(c1cc[n+](C2CCCCC2)cc1)N1C(=O)N(c2ccc(SC(F)(F)F)cc2)C(=O)C1(C)C. The fourth-order valence-electron chi connectivity index (χ4n) is 4.97. The van der Waals surface area contributed by atoms with Gasteiger partial charge in [0.15, 0.2) is 18.4 Å². The van der Waals surface area contributed by atoms with Crippen molar-refractivity contribution in [2.45, 2.75) is 74.1 Å². The highest BCUT2D eigenvalue weighted by atomic mass is 32.2. The van der Waals surface area contributed by atoms with Gasteiger partial charge in [-0.25, -0.2) is 14.3 Å². The molecule has 3 amide bonds. The van der Waals surface area contributed by atoms with E-state index in [0.717, 1.165) is 23.3 Å². The van der Waals surface area contributed by atoms with E-state index in [0.29, 0.717) is 6.04 Å². The number of carbonyl (C=O) groups is 2. The lowest BCUT2D eigenvalue weighted by Gasteiger charge is -2.35. The number of carbonyl (C=O) groups excluding carboxylic acids is 2. The van der Waals surface area contributed by atoms with E-state index >= 15 is 0 Å². The summed E-state index contributed by atoms with van der Waals surface area (Å²) in [5.74, 6) is -0.438. The molecule has 1 saturated carbocycles. The maximum absolute atomic E-state index is 13.5. The monoisotopic (exact) mass is 507 g/mol. The maximum Gasteiger partial charge on any atom is 0.446 e. The minimum Gasteiger partial charge on any atom is -0.296 e. The van der Waals surface area contributed by atoms with Crippen LogP contribution in [0, 0.1) is 0 Å². The van der Waals surface area contributed by atoms with Crippen molar-refractivity contribution in [3.8, 4) is 0 Å². The van der Waals surface area contributed by atoms with Crippen LogP contribution >= 0.6 is 11.8 Å². The van der Waals surface area contributed by atoms with Crippen LogP contribution in [0.25, 0.3) is 0 Å². The average Bonchev–Trinajstić information content (AvgIpc) is 3.00. The molecule has 35 heavy (non-hydrogen) atoms. The molecule has 2 aromatic rings. The minimum absolute atomic E-state index is 0.0138. The molecule has 6 nitrogen and oxygen atoms in total. The molecule has 2 heterocycles. The van der Waals surface area contributed by atoms with Crippen molar-refractivity contribution in [1.29, 1.82) is 0 Å². The highest BCUT2D eigenvalue weighted by Crippen LogP contribution is 2.40. The van der Waals surface area contributed by atoms with E-state index in [4.69, 9.17) is 0 Å². The molecule has 0 radical (unpaired) electrons. The van der Waals surface area contributed by atoms with Gasteiger partial charge in [0.05, 0.1) is 5.69 Å². The Balaban J connectivity index is 1.59. The standard InChI is InChI=1S/C25H30F3N4O2S/c1-24(2)22(33)31(19-9-11-20(12-10-19)35-25(26,27)28)23(34)32(24)21(29-3)17-13-15-30(16-14-17)18-7-5-4-6-8-18/h9-16,18,21,29H,4-8H2,1-3H3/q+1. The van der Waals surface area contributed by atoms with Crippen molar-refractivity contribution in [2.75, 3.05) is 11.9 Å². The summed E-state index contributed by atoms with van der Waals surface area (Å²) in [4.78, 5) is 29.4. The Hall–Kier alpha value is -2.59. The molecule has 2 aliphatic rings.